The molecule has 3 rings (SSSR count). The second kappa shape index (κ2) is 15.4. The summed E-state index contributed by atoms with van der Waals surface area (Å²) in [5.74, 6) is -5.02. The minimum absolute atomic E-state index is 0.0914. The third kappa shape index (κ3) is 10.8. The number of carboxylic acid groups (broad SMARTS) is 3. The molecule has 1 atom stereocenters. The number of aliphatic hydroxyl groups is 1. The summed E-state index contributed by atoms with van der Waals surface area (Å²) in [5.41, 5.74) is -0.813. The van der Waals surface area contributed by atoms with E-state index in [-0.39, 0.29) is 28.3 Å². The summed E-state index contributed by atoms with van der Waals surface area (Å²) in [5, 5.41) is 36.6. The minimum atomic E-state index is -2.74. The standard InChI is InChI=1S/C24H34FN3O2S.C6H8O7/c1-17(2)30-22(29)27-15-24(11-10-20-8-9-21(25)31-20)12-13-28(16-24)23(4,5)19-7-6-18(3)26-14-19;7-3(8)1-6(13,5(11)12)2-4(9)10/h6-9,14,17H,10-13,15-16H2,1-5H3,(H,27,29);13H,1-2H2,(H,7,8)(H,9,10)(H,11,12)/t24-;/m0./s1. The van der Waals surface area contributed by atoms with Gasteiger partial charge >= 0.3 is 24.0 Å². The van der Waals surface area contributed by atoms with Crippen LogP contribution in [0.3, 0.4) is 0 Å². The quantitative estimate of drug-likeness (QED) is 0.213. The first-order chi connectivity index (χ1) is 20.4. The fourth-order valence-electron chi connectivity index (χ4n) is 4.97. The van der Waals surface area contributed by atoms with Crippen LogP contribution < -0.4 is 5.32 Å². The Morgan fingerprint density at radius 2 is 1.75 bits per heavy atom. The maximum absolute atomic E-state index is 13.5. The minimum Gasteiger partial charge on any atom is -0.481 e. The number of pyridine rings is 1. The third-order valence-corrected chi connectivity index (χ3v) is 8.55. The van der Waals surface area contributed by atoms with Crippen LogP contribution in [-0.2, 0) is 31.1 Å². The van der Waals surface area contributed by atoms with Gasteiger partial charge in [0.1, 0.15) is 0 Å². The van der Waals surface area contributed by atoms with Crippen LogP contribution in [0, 0.1) is 17.5 Å². The maximum Gasteiger partial charge on any atom is 0.407 e. The summed E-state index contributed by atoms with van der Waals surface area (Å²) >= 11 is 1.21. The van der Waals surface area contributed by atoms with E-state index in [1.54, 1.807) is 0 Å². The lowest BCUT2D eigenvalue weighted by Gasteiger charge is -2.38. The van der Waals surface area contributed by atoms with E-state index in [0.717, 1.165) is 42.9 Å². The number of rotatable bonds is 13. The molecule has 1 fully saturated rings. The zero-order chi connectivity index (χ0) is 33.3. The molecule has 0 spiro atoms. The molecule has 2 aromatic rings. The van der Waals surface area contributed by atoms with Crippen LogP contribution in [0.4, 0.5) is 9.18 Å². The number of nitrogens with one attached hydrogen (secondary N) is 1. The number of likely N-dealkylation sites (tertiary alicyclic amines) is 1. The van der Waals surface area contributed by atoms with Crippen molar-refractivity contribution in [1.82, 2.24) is 15.2 Å². The molecule has 0 bridgehead atoms. The number of amides is 1. The van der Waals surface area contributed by atoms with Gasteiger partial charge in [0.2, 0.25) is 0 Å². The molecule has 14 heteroatoms. The van der Waals surface area contributed by atoms with Gasteiger partial charge in [-0.25, -0.2) is 9.59 Å². The summed E-state index contributed by atoms with van der Waals surface area (Å²) in [7, 11) is 0. The molecule has 1 aliphatic rings. The number of ether oxygens (including phenoxy) is 1. The molecule has 244 valence electrons. The molecule has 0 unspecified atom stereocenters. The number of carbonyl (C=O) groups is 4. The zero-order valence-corrected chi connectivity index (χ0v) is 26.4. The van der Waals surface area contributed by atoms with Gasteiger partial charge in [0.05, 0.1) is 18.9 Å². The monoisotopic (exact) mass is 639 g/mol. The molecular weight excluding hydrogens is 597 g/mol. The maximum atomic E-state index is 13.5. The number of hydrogen-bond acceptors (Lipinski definition) is 9. The van der Waals surface area contributed by atoms with Crippen molar-refractivity contribution in [2.75, 3.05) is 19.6 Å². The smallest absolute Gasteiger partial charge is 0.407 e. The van der Waals surface area contributed by atoms with E-state index in [1.165, 1.54) is 23.0 Å². The van der Waals surface area contributed by atoms with Gasteiger partial charge in [-0.1, -0.05) is 6.07 Å². The summed E-state index contributed by atoms with van der Waals surface area (Å²) < 4.78 is 18.7. The number of carboxylic acids is 3. The normalized spacial score (nSPS) is 17.1. The number of halogens is 1. The lowest BCUT2D eigenvalue weighted by Crippen LogP contribution is -2.45. The van der Waals surface area contributed by atoms with Gasteiger partial charge in [0.25, 0.3) is 0 Å². The topological polar surface area (TPSA) is 187 Å². The van der Waals surface area contributed by atoms with Crippen molar-refractivity contribution in [2.24, 2.45) is 5.41 Å². The Kier molecular flexibility index (Phi) is 12.8. The summed E-state index contributed by atoms with van der Waals surface area (Å²) in [4.78, 5) is 50.6. The number of aryl methyl sites for hydroxylation is 2. The highest BCUT2D eigenvalue weighted by molar-refractivity contribution is 7.10. The third-order valence-electron chi connectivity index (χ3n) is 7.61. The largest absolute Gasteiger partial charge is 0.481 e. The van der Waals surface area contributed by atoms with Crippen molar-refractivity contribution in [1.29, 1.82) is 0 Å². The number of alkyl carbamates (subject to hydrolysis) is 1. The first-order valence-electron chi connectivity index (χ1n) is 14.1. The Bertz CT molecular complexity index is 1280. The van der Waals surface area contributed by atoms with Gasteiger partial charge in [0, 0.05) is 40.8 Å². The van der Waals surface area contributed by atoms with Crippen LogP contribution in [0.5, 0.6) is 0 Å². The van der Waals surface area contributed by atoms with Crippen LogP contribution in [0.2, 0.25) is 0 Å². The Balaban J connectivity index is 0.000000439. The highest BCUT2D eigenvalue weighted by atomic mass is 32.1. The highest BCUT2D eigenvalue weighted by Gasteiger charge is 2.44. The Morgan fingerprint density at radius 1 is 1.11 bits per heavy atom. The Morgan fingerprint density at radius 3 is 2.23 bits per heavy atom. The van der Waals surface area contributed by atoms with E-state index >= 15 is 0 Å². The average Bonchev–Trinajstić information content (AvgIpc) is 3.53. The van der Waals surface area contributed by atoms with Crippen LogP contribution in [0.15, 0.2) is 30.5 Å². The number of aromatic nitrogens is 1. The lowest BCUT2D eigenvalue weighted by atomic mass is 9.81. The highest BCUT2D eigenvalue weighted by Crippen LogP contribution is 2.41. The van der Waals surface area contributed by atoms with E-state index in [1.807, 2.05) is 33.0 Å². The first kappa shape index (κ1) is 36.6. The molecular formula is C30H42FN3O9S. The van der Waals surface area contributed by atoms with Gasteiger partial charge in [-0.05, 0) is 84.2 Å². The number of thiophene rings is 1. The molecule has 12 nitrogen and oxygen atoms in total. The fraction of sp³-hybridized carbons (Fsp3) is 0.567. The fourth-order valence-corrected chi connectivity index (χ4v) is 5.69. The van der Waals surface area contributed by atoms with Gasteiger partial charge in [-0.2, -0.15) is 4.39 Å². The van der Waals surface area contributed by atoms with Crippen LogP contribution in [-0.4, -0.2) is 85.7 Å². The number of carbonyl (C=O) groups excluding carboxylic acids is 1. The molecule has 2 aromatic heterocycles. The number of nitrogens with zero attached hydrogens (tertiary/aromatic N) is 2. The SMILES string of the molecule is Cc1ccc(C(C)(C)N2CC[C@@](CCc3ccc(F)s3)(CNC(=O)OC(C)C)C2)cn1.O=C(O)CC(O)(CC(=O)O)C(=O)O. The average molecular weight is 640 g/mol. The van der Waals surface area contributed by atoms with Crippen LogP contribution in [0.25, 0.3) is 0 Å². The molecule has 1 amide bonds. The molecule has 0 aromatic carbocycles. The van der Waals surface area contributed by atoms with Gasteiger partial charge in [-0.3, -0.25) is 19.5 Å². The molecule has 44 heavy (non-hydrogen) atoms. The first-order valence-corrected chi connectivity index (χ1v) is 15.0. The zero-order valence-electron chi connectivity index (χ0n) is 25.6. The van der Waals surface area contributed by atoms with Crippen molar-refractivity contribution >= 4 is 35.3 Å². The van der Waals surface area contributed by atoms with Crippen molar-refractivity contribution in [3.8, 4) is 0 Å². The second-order valence-electron chi connectivity index (χ2n) is 11.9. The molecule has 1 saturated heterocycles. The van der Waals surface area contributed by atoms with Crippen LogP contribution >= 0.6 is 11.3 Å². The lowest BCUT2D eigenvalue weighted by molar-refractivity contribution is -0.170. The van der Waals surface area contributed by atoms with Gasteiger partial charge in [0.15, 0.2) is 10.7 Å². The predicted octanol–water partition coefficient (Wildman–Crippen LogP) is 4.04. The number of hydrogen-bond donors (Lipinski definition) is 5. The molecule has 0 aliphatic carbocycles. The molecule has 0 saturated carbocycles. The predicted molar refractivity (Wildman–Crippen MR) is 160 cm³/mol. The Labute approximate surface area is 259 Å². The van der Waals surface area contributed by atoms with E-state index in [9.17, 15) is 23.6 Å². The molecule has 5 N–H and O–H groups in total. The van der Waals surface area contributed by atoms with Gasteiger partial charge < -0.3 is 30.5 Å². The summed E-state index contributed by atoms with van der Waals surface area (Å²) in [6, 6.07) is 7.59. The van der Waals surface area contributed by atoms with Crippen molar-refractivity contribution < 1.29 is 48.7 Å². The van der Waals surface area contributed by atoms with E-state index in [2.05, 4.69) is 41.2 Å². The van der Waals surface area contributed by atoms with E-state index in [4.69, 9.17) is 25.2 Å². The van der Waals surface area contributed by atoms with Crippen molar-refractivity contribution in [3.63, 3.8) is 0 Å². The Hall–Kier alpha value is -3.62. The van der Waals surface area contributed by atoms with Crippen molar-refractivity contribution in [3.05, 3.63) is 51.7 Å². The number of aliphatic carboxylic acids is 3. The molecule has 3 heterocycles. The summed E-state index contributed by atoms with van der Waals surface area (Å²) in [6.07, 6.45) is 1.79. The molecule has 0 radical (unpaired) electrons. The van der Waals surface area contributed by atoms with Crippen molar-refractivity contribution in [2.45, 2.75) is 84.0 Å². The summed E-state index contributed by atoms with van der Waals surface area (Å²) in [6.45, 7) is 12.5. The van der Waals surface area contributed by atoms with E-state index in [0.29, 0.717) is 6.54 Å². The van der Waals surface area contributed by atoms with E-state index < -0.39 is 36.4 Å². The van der Waals surface area contributed by atoms with Gasteiger partial charge in [-0.15, -0.1) is 11.3 Å². The second-order valence-corrected chi connectivity index (χ2v) is 13.0. The van der Waals surface area contributed by atoms with Crippen LogP contribution in [0.1, 0.15) is 69.5 Å². The molecule has 1 aliphatic heterocycles.